The highest BCUT2D eigenvalue weighted by Crippen LogP contribution is 2.38. The number of para-hydroxylation sites is 3. The van der Waals surface area contributed by atoms with E-state index in [1.54, 1.807) is 0 Å². The molecule has 0 saturated carbocycles. The Morgan fingerprint density at radius 3 is 1.42 bits per heavy atom. The van der Waals surface area contributed by atoms with Gasteiger partial charge in [0.2, 0.25) is 0 Å². The predicted molar refractivity (Wildman–Crippen MR) is 207 cm³/mol. The third-order valence-electron chi connectivity index (χ3n) is 9.78. The smallest absolute Gasteiger partial charge is 0.0972 e. The second kappa shape index (κ2) is 11.4. The SMILES string of the molecule is c1ccc(-c2cnc(-c3ccccc3)c(-c3ccc(-n4c5ccccc5c5cc(-n6c7ccccc7c7ccccc76)ccc54)cc3)n2)cc1. The zero-order chi connectivity index (χ0) is 33.0. The summed E-state index contributed by atoms with van der Waals surface area (Å²) in [5.74, 6) is 0. The Hall–Kier alpha value is -6.78. The molecular weight excluding hydrogens is 609 g/mol. The molecule has 4 heteroatoms. The molecule has 234 valence electrons. The van der Waals surface area contributed by atoms with Crippen LogP contribution in [0.1, 0.15) is 0 Å². The van der Waals surface area contributed by atoms with Crippen molar-refractivity contribution in [3.8, 4) is 45.1 Å². The lowest BCUT2D eigenvalue weighted by Gasteiger charge is -2.13. The summed E-state index contributed by atoms with van der Waals surface area (Å²) < 4.78 is 4.76. The van der Waals surface area contributed by atoms with Crippen molar-refractivity contribution in [2.75, 3.05) is 0 Å². The van der Waals surface area contributed by atoms with Crippen molar-refractivity contribution in [2.45, 2.75) is 0 Å². The van der Waals surface area contributed by atoms with E-state index in [1.165, 1.54) is 43.6 Å². The van der Waals surface area contributed by atoms with E-state index in [0.29, 0.717) is 0 Å². The molecule has 0 saturated heterocycles. The zero-order valence-electron chi connectivity index (χ0n) is 27.1. The number of nitrogens with zero attached hydrogens (tertiary/aromatic N) is 4. The molecule has 3 heterocycles. The molecule has 0 spiro atoms. The minimum absolute atomic E-state index is 0.853. The van der Waals surface area contributed by atoms with Gasteiger partial charge >= 0.3 is 0 Å². The summed E-state index contributed by atoms with van der Waals surface area (Å²) in [6.45, 7) is 0. The van der Waals surface area contributed by atoms with Gasteiger partial charge < -0.3 is 9.13 Å². The molecule has 0 unspecified atom stereocenters. The van der Waals surface area contributed by atoms with E-state index < -0.39 is 0 Å². The van der Waals surface area contributed by atoms with Gasteiger partial charge in [-0.2, -0.15) is 0 Å². The van der Waals surface area contributed by atoms with Gasteiger partial charge in [-0.25, -0.2) is 4.98 Å². The van der Waals surface area contributed by atoms with Crippen LogP contribution in [-0.4, -0.2) is 19.1 Å². The number of hydrogen-bond acceptors (Lipinski definition) is 2. The van der Waals surface area contributed by atoms with E-state index in [-0.39, 0.29) is 0 Å². The van der Waals surface area contributed by atoms with Crippen molar-refractivity contribution in [2.24, 2.45) is 0 Å². The van der Waals surface area contributed by atoms with Crippen LogP contribution < -0.4 is 0 Å². The first kappa shape index (κ1) is 28.3. The number of fused-ring (bicyclic) bond motifs is 6. The molecule has 10 rings (SSSR count). The first-order valence-corrected chi connectivity index (χ1v) is 16.9. The summed E-state index contributed by atoms with van der Waals surface area (Å²) in [6, 6.07) is 62.2. The van der Waals surface area contributed by atoms with Crippen LogP contribution in [-0.2, 0) is 0 Å². The Balaban J connectivity index is 1.12. The maximum Gasteiger partial charge on any atom is 0.0972 e. The van der Waals surface area contributed by atoms with Gasteiger partial charge in [0.05, 0.1) is 45.3 Å². The van der Waals surface area contributed by atoms with E-state index >= 15 is 0 Å². The molecule has 0 radical (unpaired) electrons. The summed E-state index contributed by atoms with van der Waals surface area (Å²) in [5, 5.41) is 4.97. The topological polar surface area (TPSA) is 35.6 Å². The minimum atomic E-state index is 0.853. The highest BCUT2D eigenvalue weighted by molar-refractivity contribution is 6.12. The quantitative estimate of drug-likeness (QED) is 0.188. The van der Waals surface area contributed by atoms with Crippen LogP contribution in [0.3, 0.4) is 0 Å². The minimum Gasteiger partial charge on any atom is -0.309 e. The third kappa shape index (κ3) is 4.46. The summed E-state index contributed by atoms with van der Waals surface area (Å²) in [4.78, 5) is 10.1. The Bertz CT molecular complexity index is 2790. The Labute approximate surface area is 289 Å². The normalized spacial score (nSPS) is 11.6. The first-order valence-electron chi connectivity index (χ1n) is 16.9. The lowest BCUT2D eigenvalue weighted by molar-refractivity contribution is 1.16. The van der Waals surface area contributed by atoms with Crippen molar-refractivity contribution >= 4 is 43.6 Å². The van der Waals surface area contributed by atoms with Gasteiger partial charge in [-0.05, 0) is 48.5 Å². The molecule has 0 aliphatic heterocycles. The lowest BCUT2D eigenvalue weighted by Crippen LogP contribution is -1.98. The lowest BCUT2D eigenvalue weighted by atomic mass is 10.0. The zero-order valence-corrected chi connectivity index (χ0v) is 27.1. The van der Waals surface area contributed by atoms with Crippen molar-refractivity contribution < 1.29 is 0 Å². The van der Waals surface area contributed by atoms with Gasteiger partial charge in [0.1, 0.15) is 0 Å². The summed E-state index contributed by atoms with van der Waals surface area (Å²) in [7, 11) is 0. The average Bonchev–Trinajstić information content (AvgIpc) is 3.71. The third-order valence-corrected chi connectivity index (χ3v) is 9.78. The molecule has 0 bridgehead atoms. The second-order valence-electron chi connectivity index (χ2n) is 12.7. The number of hydrogen-bond donors (Lipinski definition) is 0. The summed E-state index contributed by atoms with van der Waals surface area (Å²) >= 11 is 0. The largest absolute Gasteiger partial charge is 0.309 e. The van der Waals surface area contributed by atoms with Crippen molar-refractivity contribution in [3.63, 3.8) is 0 Å². The summed E-state index contributed by atoms with van der Waals surface area (Å²) in [5.41, 5.74) is 12.7. The Kier molecular flexibility index (Phi) is 6.46. The maximum absolute atomic E-state index is 5.19. The van der Waals surface area contributed by atoms with Crippen LogP contribution in [0.25, 0.3) is 88.8 Å². The van der Waals surface area contributed by atoms with Gasteiger partial charge in [0, 0.05) is 49.6 Å². The number of aromatic nitrogens is 4. The first-order chi connectivity index (χ1) is 24.8. The second-order valence-corrected chi connectivity index (χ2v) is 12.7. The Morgan fingerprint density at radius 2 is 0.800 bits per heavy atom. The van der Waals surface area contributed by atoms with Gasteiger partial charge in [-0.3, -0.25) is 4.98 Å². The van der Waals surface area contributed by atoms with Crippen LogP contribution >= 0.6 is 0 Å². The monoisotopic (exact) mass is 638 g/mol. The molecule has 0 atom stereocenters. The van der Waals surface area contributed by atoms with E-state index in [2.05, 4.69) is 149 Å². The van der Waals surface area contributed by atoms with E-state index in [1.807, 2.05) is 42.6 Å². The molecule has 0 aliphatic rings. The van der Waals surface area contributed by atoms with E-state index in [0.717, 1.165) is 45.1 Å². The fourth-order valence-electron chi connectivity index (χ4n) is 7.49. The molecule has 50 heavy (non-hydrogen) atoms. The van der Waals surface area contributed by atoms with Gasteiger partial charge in [-0.1, -0.05) is 127 Å². The molecule has 4 nitrogen and oxygen atoms in total. The number of benzene rings is 7. The molecule has 0 amide bonds. The molecule has 7 aromatic carbocycles. The van der Waals surface area contributed by atoms with Crippen molar-refractivity contribution in [1.29, 1.82) is 0 Å². The molecule has 0 aliphatic carbocycles. The van der Waals surface area contributed by atoms with E-state index in [9.17, 15) is 0 Å². The van der Waals surface area contributed by atoms with Crippen LogP contribution in [0.15, 0.2) is 182 Å². The van der Waals surface area contributed by atoms with Crippen molar-refractivity contribution in [3.05, 3.63) is 182 Å². The maximum atomic E-state index is 5.19. The standard InChI is InChI=1S/C46H30N4/c1-3-13-31(14-4-1)40-30-47-45(32-15-5-2-6-16-32)46(48-40)33-23-25-34(26-24-33)49-43-22-12-9-19-38(43)39-29-35(27-28-44(39)49)50-41-20-10-7-17-36(41)37-18-8-11-21-42(37)50/h1-30H. The predicted octanol–water partition coefficient (Wildman–Crippen LogP) is 11.7. The van der Waals surface area contributed by atoms with E-state index in [4.69, 9.17) is 9.97 Å². The van der Waals surface area contributed by atoms with Gasteiger partial charge in [0.15, 0.2) is 0 Å². The molecular formula is C46H30N4. The van der Waals surface area contributed by atoms with Crippen LogP contribution in [0.2, 0.25) is 0 Å². The highest BCUT2D eigenvalue weighted by Gasteiger charge is 2.18. The molecule has 0 N–H and O–H groups in total. The van der Waals surface area contributed by atoms with Crippen LogP contribution in [0, 0.1) is 0 Å². The summed E-state index contributed by atoms with van der Waals surface area (Å²) in [6.07, 6.45) is 1.88. The van der Waals surface area contributed by atoms with Crippen LogP contribution in [0.5, 0.6) is 0 Å². The van der Waals surface area contributed by atoms with Gasteiger partial charge in [-0.15, -0.1) is 0 Å². The fraction of sp³-hybridized carbons (Fsp3) is 0. The Morgan fingerprint density at radius 1 is 0.340 bits per heavy atom. The number of rotatable bonds is 5. The van der Waals surface area contributed by atoms with Gasteiger partial charge in [0.25, 0.3) is 0 Å². The molecule has 0 fully saturated rings. The van der Waals surface area contributed by atoms with Crippen LogP contribution in [0.4, 0.5) is 0 Å². The highest BCUT2D eigenvalue weighted by atomic mass is 15.0. The fourth-order valence-corrected chi connectivity index (χ4v) is 7.49. The average molecular weight is 639 g/mol. The van der Waals surface area contributed by atoms with Crippen molar-refractivity contribution in [1.82, 2.24) is 19.1 Å². The molecule has 10 aromatic rings. The molecule has 3 aromatic heterocycles.